The molecular weight excluding hydrogens is 621 g/mol. The lowest BCUT2D eigenvalue weighted by Gasteiger charge is -2.40. The quantitative estimate of drug-likeness (QED) is 0.157. The van der Waals surface area contributed by atoms with E-state index in [9.17, 15) is 23.2 Å². The van der Waals surface area contributed by atoms with Crippen molar-refractivity contribution in [2.45, 2.75) is 58.7 Å². The maximum atomic E-state index is 14.5. The lowest BCUT2D eigenvalue weighted by molar-refractivity contribution is -0.138. The number of carbonyl (C=O) groups excluding carboxylic acids is 1. The lowest BCUT2D eigenvalue weighted by Crippen LogP contribution is -2.43. The van der Waals surface area contributed by atoms with E-state index in [1.807, 2.05) is 26.8 Å². The zero-order valence-electron chi connectivity index (χ0n) is 27.5. The van der Waals surface area contributed by atoms with E-state index in [1.165, 1.54) is 18.2 Å². The van der Waals surface area contributed by atoms with Crippen molar-refractivity contribution >= 4 is 11.7 Å². The van der Waals surface area contributed by atoms with Gasteiger partial charge in [-0.3, -0.25) is 0 Å². The third-order valence-electron chi connectivity index (χ3n) is 7.90. The summed E-state index contributed by atoms with van der Waals surface area (Å²) in [6.07, 6.45) is -2.79. The van der Waals surface area contributed by atoms with Gasteiger partial charge >= 0.3 is 12.1 Å². The highest BCUT2D eigenvalue weighted by Gasteiger charge is 2.43. The average Bonchev–Trinajstić information content (AvgIpc) is 3.12. The summed E-state index contributed by atoms with van der Waals surface area (Å²) in [5.74, 6) is -0.614. The number of ether oxygens (including phenoxy) is 3. The number of esters is 1. The number of hydrogen-bond acceptors (Lipinski definition) is 8. The predicted molar refractivity (Wildman–Crippen MR) is 177 cm³/mol. The first-order valence-electron chi connectivity index (χ1n) is 16.0. The summed E-state index contributed by atoms with van der Waals surface area (Å²) in [5, 5.41) is 10.5. The Bertz CT molecular complexity index is 1720. The SMILES string of the molecule is CC.CCOC(=O)c1nc(-c2cccnc2OCC)ccc1C1(C#N)CCN(c2cccc(OCc3ccccc3)c2C(F)(F)F)CC1. The van der Waals surface area contributed by atoms with Gasteiger partial charge in [0.05, 0.1) is 41.6 Å². The Hall–Kier alpha value is -5.11. The van der Waals surface area contributed by atoms with Crippen molar-refractivity contribution < 1.29 is 32.2 Å². The van der Waals surface area contributed by atoms with Crippen LogP contribution in [0.5, 0.6) is 11.6 Å². The van der Waals surface area contributed by atoms with Crippen LogP contribution in [0.3, 0.4) is 0 Å². The average molecular weight is 661 g/mol. The molecule has 0 atom stereocenters. The van der Waals surface area contributed by atoms with E-state index in [0.29, 0.717) is 29.3 Å². The van der Waals surface area contributed by atoms with Crippen molar-refractivity contribution in [2.24, 2.45) is 0 Å². The van der Waals surface area contributed by atoms with E-state index in [1.54, 1.807) is 66.6 Å². The first-order valence-corrected chi connectivity index (χ1v) is 16.0. The molecule has 3 heterocycles. The highest BCUT2D eigenvalue weighted by Crippen LogP contribution is 2.46. The smallest absolute Gasteiger partial charge is 0.421 e. The van der Waals surface area contributed by atoms with E-state index in [-0.39, 0.29) is 56.3 Å². The molecule has 1 aliphatic heterocycles. The van der Waals surface area contributed by atoms with Gasteiger partial charge in [-0.1, -0.05) is 56.3 Å². The van der Waals surface area contributed by atoms with Crippen molar-refractivity contribution in [3.05, 3.63) is 101 Å². The van der Waals surface area contributed by atoms with Gasteiger partial charge in [-0.05, 0) is 62.6 Å². The Kier molecular flexibility index (Phi) is 12.0. The van der Waals surface area contributed by atoms with Crippen LogP contribution in [0, 0.1) is 11.3 Å². The number of halogens is 3. The number of nitriles is 1. The summed E-state index contributed by atoms with van der Waals surface area (Å²) in [7, 11) is 0. The van der Waals surface area contributed by atoms with E-state index in [2.05, 4.69) is 16.0 Å². The minimum atomic E-state index is -4.68. The van der Waals surface area contributed by atoms with Crippen LogP contribution in [0.1, 0.15) is 67.7 Å². The molecular formula is C37H39F3N4O4. The summed E-state index contributed by atoms with van der Waals surface area (Å²) in [6.45, 7) is 8.20. The van der Waals surface area contributed by atoms with Gasteiger partial charge in [0.1, 0.15) is 17.9 Å². The normalized spacial score (nSPS) is 13.8. The molecule has 0 unspecified atom stereocenters. The maximum Gasteiger partial charge on any atom is 0.421 e. The van der Waals surface area contributed by atoms with Crippen LogP contribution in [-0.4, -0.2) is 42.2 Å². The molecule has 1 aliphatic rings. The van der Waals surface area contributed by atoms with Crippen LogP contribution in [0.25, 0.3) is 11.3 Å². The molecule has 0 amide bonds. The summed E-state index contributed by atoms with van der Waals surface area (Å²) in [5.41, 5.74) is -0.0110. The molecule has 2 aromatic heterocycles. The van der Waals surface area contributed by atoms with Crippen LogP contribution in [-0.2, 0) is 22.9 Å². The first-order chi connectivity index (χ1) is 23.2. The summed E-state index contributed by atoms with van der Waals surface area (Å²) in [4.78, 5) is 23.7. The Morgan fingerprint density at radius 3 is 2.31 bits per heavy atom. The number of aromatic nitrogens is 2. The predicted octanol–water partition coefficient (Wildman–Crippen LogP) is 8.40. The maximum absolute atomic E-state index is 14.5. The second kappa shape index (κ2) is 16.1. The molecule has 0 radical (unpaired) electrons. The van der Waals surface area contributed by atoms with Gasteiger partial charge in [0, 0.05) is 24.8 Å². The monoisotopic (exact) mass is 660 g/mol. The van der Waals surface area contributed by atoms with Gasteiger partial charge in [0.25, 0.3) is 0 Å². The molecule has 1 fully saturated rings. The van der Waals surface area contributed by atoms with E-state index in [4.69, 9.17) is 14.2 Å². The first kappa shape index (κ1) is 35.7. The number of hydrogen-bond donors (Lipinski definition) is 0. The molecule has 1 saturated heterocycles. The molecule has 0 saturated carbocycles. The molecule has 4 aromatic rings. The molecule has 0 aliphatic carbocycles. The van der Waals surface area contributed by atoms with E-state index < -0.39 is 23.1 Å². The van der Waals surface area contributed by atoms with Crippen LogP contribution < -0.4 is 14.4 Å². The number of carbonyl (C=O) groups is 1. The van der Waals surface area contributed by atoms with Gasteiger partial charge in [-0.2, -0.15) is 18.4 Å². The van der Waals surface area contributed by atoms with Crippen molar-refractivity contribution in [3.8, 4) is 29.0 Å². The molecule has 11 heteroatoms. The molecule has 0 bridgehead atoms. The number of anilines is 1. The van der Waals surface area contributed by atoms with Gasteiger partial charge in [0.15, 0.2) is 5.69 Å². The molecule has 8 nitrogen and oxygen atoms in total. The largest absolute Gasteiger partial charge is 0.488 e. The highest BCUT2D eigenvalue weighted by molar-refractivity contribution is 5.90. The zero-order chi connectivity index (χ0) is 34.7. The van der Waals surface area contributed by atoms with Gasteiger partial charge < -0.3 is 19.1 Å². The Balaban J connectivity index is 0.00000255. The molecule has 0 spiro atoms. The summed E-state index contributed by atoms with van der Waals surface area (Å²) >= 11 is 0. The summed E-state index contributed by atoms with van der Waals surface area (Å²) < 4.78 is 60.2. The van der Waals surface area contributed by atoms with Crippen molar-refractivity contribution in [2.75, 3.05) is 31.2 Å². The van der Waals surface area contributed by atoms with Crippen LogP contribution in [0.2, 0.25) is 0 Å². The zero-order valence-corrected chi connectivity index (χ0v) is 27.5. The Morgan fingerprint density at radius 2 is 1.67 bits per heavy atom. The third-order valence-corrected chi connectivity index (χ3v) is 7.90. The standard InChI is InChI=1S/C35H33F3N4O4.C2H6/c1-3-44-32-25(12-9-19-40-32)27-16-15-26(31(41-27)33(43)45-4-2)34(23-39)17-20-42(21-18-34)28-13-8-14-29(30(28)35(36,37)38)46-22-24-10-6-5-7-11-24;1-2/h5-16,19H,3-4,17-18,20-22H2,1-2H3;1-2H3. The second-order valence-corrected chi connectivity index (χ2v) is 10.7. The van der Waals surface area contributed by atoms with Crippen LogP contribution in [0.15, 0.2) is 79.0 Å². The molecule has 0 N–H and O–H groups in total. The molecule has 5 rings (SSSR count). The summed E-state index contributed by atoms with van der Waals surface area (Å²) in [6, 6.07) is 22.5. The minimum absolute atomic E-state index is 0.0182. The number of nitrogens with zero attached hydrogens (tertiary/aromatic N) is 4. The number of rotatable bonds is 10. The fourth-order valence-corrected chi connectivity index (χ4v) is 5.68. The highest BCUT2D eigenvalue weighted by atomic mass is 19.4. The topological polar surface area (TPSA) is 97.6 Å². The second-order valence-electron chi connectivity index (χ2n) is 10.7. The number of benzene rings is 2. The van der Waals surface area contributed by atoms with Gasteiger partial charge in [0.2, 0.25) is 5.88 Å². The fourth-order valence-electron chi connectivity index (χ4n) is 5.68. The van der Waals surface area contributed by atoms with Crippen molar-refractivity contribution in [3.63, 3.8) is 0 Å². The van der Waals surface area contributed by atoms with Crippen LogP contribution >= 0.6 is 0 Å². The minimum Gasteiger partial charge on any atom is -0.488 e. The molecule has 2 aromatic carbocycles. The van der Waals surface area contributed by atoms with E-state index in [0.717, 1.165) is 5.56 Å². The van der Waals surface area contributed by atoms with Gasteiger partial charge in [-0.15, -0.1) is 0 Å². The van der Waals surface area contributed by atoms with E-state index >= 15 is 0 Å². The third kappa shape index (κ3) is 7.88. The fraction of sp³-hybridized carbons (Fsp3) is 0.351. The Labute approximate surface area is 279 Å². The number of alkyl halides is 3. The number of pyridine rings is 2. The lowest BCUT2D eigenvalue weighted by atomic mass is 9.73. The van der Waals surface area contributed by atoms with Crippen molar-refractivity contribution in [1.82, 2.24) is 9.97 Å². The van der Waals surface area contributed by atoms with Crippen molar-refractivity contribution in [1.29, 1.82) is 5.26 Å². The Morgan fingerprint density at radius 1 is 0.938 bits per heavy atom. The van der Waals surface area contributed by atoms with Gasteiger partial charge in [-0.25, -0.2) is 14.8 Å². The molecule has 252 valence electrons. The van der Waals surface area contributed by atoms with Crippen LogP contribution in [0.4, 0.5) is 18.9 Å². The number of piperidine rings is 1. The molecule has 48 heavy (non-hydrogen) atoms.